The predicted octanol–water partition coefficient (Wildman–Crippen LogP) is 0.351. The zero-order chi connectivity index (χ0) is 8.55. The molecule has 0 spiro atoms. The minimum Gasteiger partial charge on any atom is -0.394 e. The molecule has 1 aliphatic rings. The van der Waals surface area contributed by atoms with E-state index in [9.17, 15) is 0 Å². The van der Waals surface area contributed by atoms with Gasteiger partial charge < -0.3 is 15.4 Å². The van der Waals surface area contributed by atoms with Gasteiger partial charge in [-0.1, -0.05) is 0 Å². The molecule has 2 heterocycles. The van der Waals surface area contributed by atoms with Gasteiger partial charge in [0.1, 0.15) is 0 Å². The molecule has 0 fully saturated rings. The lowest BCUT2D eigenvalue weighted by Crippen LogP contribution is -2.32. The third-order valence-corrected chi connectivity index (χ3v) is 2.44. The largest absolute Gasteiger partial charge is 0.394 e. The van der Waals surface area contributed by atoms with Crippen LogP contribution >= 0.6 is 15.9 Å². The maximum Gasteiger partial charge on any atom is 0.174 e. The average Bonchev–Trinajstić information content (AvgIpc) is 2.44. The number of aromatic amines is 1. The Labute approximate surface area is 78.5 Å². The van der Waals surface area contributed by atoms with Crippen LogP contribution in [0.1, 0.15) is 17.4 Å². The number of aliphatic hydroxyl groups is 1. The van der Waals surface area contributed by atoms with E-state index < -0.39 is 0 Å². The summed E-state index contributed by atoms with van der Waals surface area (Å²) < 4.78 is 0.745. The van der Waals surface area contributed by atoms with E-state index in [0.29, 0.717) is 0 Å². The van der Waals surface area contributed by atoms with E-state index in [2.05, 4.69) is 31.2 Å². The minimum atomic E-state index is -0.00343. The number of halogens is 1. The Morgan fingerprint density at radius 3 is 3.25 bits per heavy atom. The third-order valence-electron chi connectivity index (χ3n) is 2.06. The molecule has 0 saturated heterocycles. The van der Waals surface area contributed by atoms with E-state index in [1.807, 2.05) is 0 Å². The van der Waals surface area contributed by atoms with E-state index in [-0.39, 0.29) is 12.6 Å². The predicted molar refractivity (Wildman–Crippen MR) is 47.8 cm³/mol. The number of H-pyrrole nitrogens is 1. The molecule has 0 aromatic carbocycles. The van der Waals surface area contributed by atoms with E-state index in [0.717, 1.165) is 29.1 Å². The number of aliphatic hydroxyl groups excluding tert-OH is 1. The van der Waals surface area contributed by atoms with Gasteiger partial charge in [0.25, 0.3) is 0 Å². The van der Waals surface area contributed by atoms with Crippen molar-refractivity contribution < 1.29 is 5.11 Å². The van der Waals surface area contributed by atoms with Gasteiger partial charge in [0.2, 0.25) is 0 Å². The first-order chi connectivity index (χ1) is 5.81. The topological polar surface area (TPSA) is 60.9 Å². The first-order valence-electron chi connectivity index (χ1n) is 3.90. The molecule has 12 heavy (non-hydrogen) atoms. The van der Waals surface area contributed by atoms with Crippen LogP contribution in [0.15, 0.2) is 4.73 Å². The fraction of sp³-hybridized carbons (Fsp3) is 0.571. The highest BCUT2D eigenvalue weighted by Crippen LogP contribution is 2.21. The molecule has 0 aliphatic carbocycles. The van der Waals surface area contributed by atoms with Gasteiger partial charge >= 0.3 is 0 Å². The van der Waals surface area contributed by atoms with Crippen LogP contribution in [0.25, 0.3) is 0 Å². The summed E-state index contributed by atoms with van der Waals surface area (Å²) in [6, 6.07) is -0.00343. The molecule has 66 valence electrons. The molecule has 0 amide bonds. The van der Waals surface area contributed by atoms with Crippen LogP contribution in [0.3, 0.4) is 0 Å². The summed E-state index contributed by atoms with van der Waals surface area (Å²) in [4.78, 5) is 7.36. The Hall–Kier alpha value is -0.390. The lowest BCUT2D eigenvalue weighted by molar-refractivity contribution is 0.237. The second-order valence-electron chi connectivity index (χ2n) is 2.83. The maximum absolute atomic E-state index is 9.02. The lowest BCUT2D eigenvalue weighted by atomic mass is 10.1. The molecular formula is C7H10BrN3O. The fourth-order valence-corrected chi connectivity index (χ4v) is 1.92. The van der Waals surface area contributed by atoms with E-state index in [1.165, 1.54) is 0 Å². The molecule has 1 atom stereocenters. The van der Waals surface area contributed by atoms with E-state index in [1.54, 1.807) is 0 Å². The highest BCUT2D eigenvalue weighted by Gasteiger charge is 2.22. The van der Waals surface area contributed by atoms with Gasteiger partial charge in [-0.05, 0) is 15.9 Å². The normalized spacial score (nSPS) is 22.3. The van der Waals surface area contributed by atoms with E-state index in [4.69, 9.17) is 5.11 Å². The first-order valence-corrected chi connectivity index (χ1v) is 4.69. The van der Waals surface area contributed by atoms with Crippen molar-refractivity contribution in [1.29, 1.82) is 0 Å². The second-order valence-corrected chi connectivity index (χ2v) is 3.58. The number of fused-ring (bicyclic) bond motifs is 1. The van der Waals surface area contributed by atoms with Crippen LogP contribution in [-0.4, -0.2) is 28.2 Å². The summed E-state index contributed by atoms with van der Waals surface area (Å²) in [5.41, 5.74) is 2.07. The molecule has 0 radical (unpaired) electrons. The summed E-state index contributed by atoms with van der Waals surface area (Å²) >= 11 is 3.27. The Bertz CT molecular complexity index is 286. The zero-order valence-corrected chi connectivity index (χ0v) is 8.06. The number of rotatable bonds is 1. The maximum atomic E-state index is 9.02. The standard InChI is InChI=1S/C7H10BrN3O/c8-7-10-4-1-2-9-5(3-12)6(4)11-7/h5,9,12H,1-3H2,(H,10,11). The smallest absolute Gasteiger partial charge is 0.174 e. The molecular weight excluding hydrogens is 222 g/mol. The summed E-state index contributed by atoms with van der Waals surface area (Å²) in [6.45, 7) is 0.997. The van der Waals surface area contributed by atoms with Gasteiger partial charge in [-0.2, -0.15) is 0 Å². The van der Waals surface area contributed by atoms with Crippen molar-refractivity contribution in [2.45, 2.75) is 12.5 Å². The summed E-state index contributed by atoms with van der Waals surface area (Å²) in [7, 11) is 0. The van der Waals surface area contributed by atoms with Crippen LogP contribution < -0.4 is 5.32 Å². The molecule has 4 nitrogen and oxygen atoms in total. The van der Waals surface area contributed by atoms with Crippen LogP contribution in [0.5, 0.6) is 0 Å². The Morgan fingerprint density at radius 1 is 1.67 bits per heavy atom. The van der Waals surface area contributed by atoms with Gasteiger partial charge in [0.15, 0.2) is 4.73 Å². The van der Waals surface area contributed by atoms with Crippen LogP contribution in [0, 0.1) is 0 Å². The molecule has 0 bridgehead atoms. The van der Waals surface area contributed by atoms with Crippen LogP contribution in [0.2, 0.25) is 0 Å². The van der Waals surface area contributed by atoms with Gasteiger partial charge in [-0.3, -0.25) is 0 Å². The SMILES string of the molecule is OCC1NCCc2[nH]c(Br)nc21. The Kier molecular flexibility index (Phi) is 2.16. The fourth-order valence-electron chi connectivity index (χ4n) is 1.49. The van der Waals surface area contributed by atoms with Crippen molar-refractivity contribution in [2.75, 3.05) is 13.2 Å². The quantitative estimate of drug-likeness (QED) is 0.654. The summed E-state index contributed by atoms with van der Waals surface area (Å²) in [5, 5.41) is 12.2. The van der Waals surface area contributed by atoms with Crippen molar-refractivity contribution >= 4 is 15.9 Å². The number of imidazole rings is 1. The van der Waals surface area contributed by atoms with Crippen molar-refractivity contribution in [3.63, 3.8) is 0 Å². The summed E-state index contributed by atoms with van der Waals surface area (Å²) in [6.07, 6.45) is 0.949. The van der Waals surface area contributed by atoms with Gasteiger partial charge in [0.05, 0.1) is 18.3 Å². The van der Waals surface area contributed by atoms with Crippen molar-refractivity contribution in [3.05, 3.63) is 16.1 Å². The zero-order valence-electron chi connectivity index (χ0n) is 6.47. The molecule has 0 saturated carbocycles. The highest BCUT2D eigenvalue weighted by molar-refractivity contribution is 9.10. The monoisotopic (exact) mass is 231 g/mol. The first kappa shape index (κ1) is 8.22. The van der Waals surface area contributed by atoms with Gasteiger partial charge in [-0.15, -0.1) is 0 Å². The third kappa shape index (κ3) is 1.28. The Balaban J connectivity index is 2.36. The van der Waals surface area contributed by atoms with Crippen molar-refractivity contribution in [1.82, 2.24) is 15.3 Å². The second kappa shape index (κ2) is 3.16. The molecule has 1 unspecified atom stereocenters. The van der Waals surface area contributed by atoms with Crippen LogP contribution in [0.4, 0.5) is 0 Å². The average molecular weight is 232 g/mol. The summed E-state index contributed by atoms with van der Waals surface area (Å²) in [5.74, 6) is 0. The Morgan fingerprint density at radius 2 is 2.50 bits per heavy atom. The van der Waals surface area contributed by atoms with Crippen molar-refractivity contribution in [3.8, 4) is 0 Å². The number of hydrogen-bond acceptors (Lipinski definition) is 3. The van der Waals surface area contributed by atoms with E-state index >= 15 is 0 Å². The molecule has 1 aromatic rings. The van der Waals surface area contributed by atoms with Gasteiger partial charge in [0, 0.05) is 18.7 Å². The molecule has 1 aromatic heterocycles. The number of hydrogen-bond donors (Lipinski definition) is 3. The number of aromatic nitrogens is 2. The molecule has 2 rings (SSSR count). The van der Waals surface area contributed by atoms with Gasteiger partial charge in [-0.25, -0.2) is 4.98 Å². The van der Waals surface area contributed by atoms with Crippen LogP contribution in [-0.2, 0) is 6.42 Å². The molecule has 1 aliphatic heterocycles. The molecule has 5 heteroatoms. The van der Waals surface area contributed by atoms with Crippen molar-refractivity contribution in [2.24, 2.45) is 0 Å². The number of nitrogens with zero attached hydrogens (tertiary/aromatic N) is 1. The lowest BCUT2D eigenvalue weighted by Gasteiger charge is -2.20. The number of nitrogens with one attached hydrogen (secondary N) is 2. The highest BCUT2D eigenvalue weighted by atomic mass is 79.9. The molecule has 3 N–H and O–H groups in total. The minimum absolute atomic E-state index is 0.00343.